The van der Waals surface area contributed by atoms with Gasteiger partial charge >= 0.3 is 11.9 Å². The van der Waals surface area contributed by atoms with E-state index in [9.17, 15) is 0 Å². The first kappa shape index (κ1) is 83.5. The zero-order valence-corrected chi connectivity index (χ0v) is 72.5. The van der Waals surface area contributed by atoms with Crippen LogP contribution >= 0.6 is 0 Å². The van der Waals surface area contributed by atoms with Crippen molar-refractivity contribution in [3.63, 3.8) is 0 Å². The lowest BCUT2D eigenvalue weighted by Crippen LogP contribution is -2.46. The van der Waals surface area contributed by atoms with Gasteiger partial charge in [0.2, 0.25) is 17.6 Å². The molecule has 6 aliphatic rings. The van der Waals surface area contributed by atoms with Gasteiger partial charge in [-0.15, -0.1) is 0 Å². The summed E-state index contributed by atoms with van der Waals surface area (Å²) in [4.78, 5) is 119. The number of carbonyl (C=O) groups excluding carboxylic acids is 6. The molecule has 6 atom stereocenters. The number of hydrogen-bond donors (Lipinski definition) is 0. The van der Waals surface area contributed by atoms with Crippen LogP contribution in [0.2, 0.25) is 0 Å². The van der Waals surface area contributed by atoms with E-state index in [0.717, 1.165) is 49.7 Å². The molecule has 17 aromatic rings. The summed E-state index contributed by atoms with van der Waals surface area (Å²) >= 11 is 0. The minimum atomic E-state index is -1.96. The van der Waals surface area contributed by atoms with E-state index >= 15 is 28.8 Å². The van der Waals surface area contributed by atoms with Crippen molar-refractivity contribution >= 4 is 78.7 Å². The molecule has 12 heterocycles. The van der Waals surface area contributed by atoms with Crippen LogP contribution in [-0.4, -0.2) is 130 Å². The number of methoxy groups -OCH3 is 2. The number of pyridine rings is 4. The summed E-state index contributed by atoms with van der Waals surface area (Å²) in [5.74, 6) is -4.32. The average molecular weight is 1810 g/mol. The van der Waals surface area contributed by atoms with E-state index in [1.165, 1.54) is 87.4 Å². The van der Waals surface area contributed by atoms with E-state index in [-0.39, 0.29) is 170 Å². The highest BCUT2D eigenvalue weighted by molar-refractivity contribution is 6.45. The van der Waals surface area contributed by atoms with Crippen LogP contribution in [-0.2, 0) is 60.6 Å². The van der Waals surface area contributed by atoms with E-state index in [0.29, 0.717) is 87.0 Å². The summed E-state index contributed by atoms with van der Waals surface area (Å²) in [6.07, 6.45) is 12.9. The Morgan fingerprint density at radius 2 is 0.610 bits per heavy atom. The Bertz CT molecular complexity index is 6810. The Morgan fingerprint density at radius 3 is 0.912 bits per heavy atom. The number of esters is 2. The molecule has 6 aromatic heterocycles. The zero-order chi connectivity index (χ0) is 91.8. The second kappa shape index (κ2) is 35.0. The van der Waals surface area contributed by atoms with Crippen LogP contribution in [0, 0.1) is 0 Å². The fraction of sp³-hybridized carbons (Fsp3) is 0.159. The van der Waals surface area contributed by atoms with Crippen molar-refractivity contribution in [3.05, 3.63) is 347 Å². The third-order valence-electron chi connectivity index (χ3n) is 24.2. The van der Waals surface area contributed by atoms with Crippen LogP contribution < -0.4 is 52.1 Å². The lowest BCUT2D eigenvalue weighted by molar-refractivity contribution is -0.140. The topological polar surface area (TPSA) is 338 Å². The third kappa shape index (κ3) is 16.7. The van der Waals surface area contributed by atoms with Gasteiger partial charge in [0.05, 0.1) is 99.8 Å². The Kier molecular flexibility index (Phi) is 21.5. The van der Waals surface area contributed by atoms with Crippen molar-refractivity contribution in [3.8, 4) is 104 Å². The molecule has 136 heavy (non-hydrogen) atoms. The van der Waals surface area contributed by atoms with Gasteiger partial charge in [-0.05, 0) is 216 Å². The number of rotatable bonds is 34. The number of fused-ring (bicyclic) bond motifs is 2. The van der Waals surface area contributed by atoms with Crippen molar-refractivity contribution in [2.75, 3.05) is 40.6 Å². The van der Waals surface area contributed by atoms with E-state index < -0.39 is 47.7 Å². The highest BCUT2D eigenvalue weighted by Crippen LogP contribution is 2.59. The SMILES string of the molecule is COc1ccccc1OC(=O)C(c1ccco1)N1C(=O)c2cc(Oc3ccc(Cc4cc(CC5CO5)ccn4)cc3)c3c4c(Oc5ccc(Oc6cc(CC7CO7)ccn6)cc5)cc5c6c(cc(Oc7ccc(Oc8cc(CC9CO9)ccn8)cc7)c(c7c(Oc8ccc(Oc9cc(CC%10CO%10)ccn9)cc8)cc(c2c37)C1=O)c64)C(=O)N(C(C(=O)Oc1ccccc1OC)c1ccco1)C5=O. The predicted molar refractivity (Wildman–Crippen MR) is 489 cm³/mol. The maximum absolute atomic E-state index is 17.0. The maximum Gasteiger partial charge on any atom is 0.342 e. The van der Waals surface area contributed by atoms with Crippen molar-refractivity contribution in [1.82, 2.24) is 29.7 Å². The Labute approximate surface area is 773 Å². The number of aromatic nitrogens is 4. The van der Waals surface area contributed by atoms with Crippen LogP contribution in [0.25, 0.3) is 43.1 Å². The third-order valence-corrected chi connectivity index (χ3v) is 24.2. The maximum atomic E-state index is 17.0. The van der Waals surface area contributed by atoms with Crippen LogP contribution in [0.4, 0.5) is 0 Å². The van der Waals surface area contributed by atoms with Crippen LogP contribution in [0.15, 0.2) is 289 Å². The second-order valence-electron chi connectivity index (χ2n) is 33.4. The van der Waals surface area contributed by atoms with Gasteiger partial charge in [-0.3, -0.25) is 34.0 Å². The van der Waals surface area contributed by atoms with E-state index in [2.05, 4.69) is 21.0 Å². The molecule has 11 aromatic carbocycles. The molecule has 0 aliphatic carbocycles. The molecule has 4 amide bonds. The molecule has 0 bridgehead atoms. The molecule has 23 rings (SSSR count). The largest absolute Gasteiger partial charge is 0.493 e. The highest BCUT2D eigenvalue weighted by Gasteiger charge is 2.50. The smallest absolute Gasteiger partial charge is 0.342 e. The summed E-state index contributed by atoms with van der Waals surface area (Å²) in [6, 6.07) is 62.9. The first-order valence-corrected chi connectivity index (χ1v) is 43.9. The van der Waals surface area contributed by atoms with E-state index in [1.807, 2.05) is 54.6 Å². The summed E-state index contributed by atoms with van der Waals surface area (Å²) in [6.45, 7) is 2.62. The summed E-state index contributed by atoms with van der Waals surface area (Å²) in [5, 5.41) is 0.527. The Balaban J connectivity index is 0.784. The monoisotopic (exact) mass is 1810 g/mol. The number of nitrogens with zero attached hydrogens (tertiary/aromatic N) is 6. The average Bonchev–Trinajstić information content (AvgIpc) is 1.52. The second-order valence-corrected chi connectivity index (χ2v) is 33.4. The number of ether oxygens (including phenoxy) is 15. The van der Waals surface area contributed by atoms with Gasteiger partial charge in [-0.25, -0.2) is 24.5 Å². The fourth-order valence-corrected chi connectivity index (χ4v) is 17.6. The number of imide groups is 2. The van der Waals surface area contributed by atoms with E-state index in [1.54, 1.807) is 146 Å². The molecule has 29 heteroatoms. The normalized spacial score (nSPS) is 16.5. The minimum absolute atomic E-state index is 0.00547. The molecular formula is C107H76N6O23. The summed E-state index contributed by atoms with van der Waals surface area (Å²) < 4.78 is 107. The summed E-state index contributed by atoms with van der Waals surface area (Å²) in [5.41, 5.74) is 4.76. The van der Waals surface area contributed by atoms with Crippen LogP contribution in [0.5, 0.6) is 104 Å². The Morgan fingerprint density at radius 1 is 0.316 bits per heavy atom. The van der Waals surface area contributed by atoms with Gasteiger partial charge in [0.15, 0.2) is 35.1 Å². The first-order valence-electron chi connectivity index (χ1n) is 43.9. The number of carbonyl (C=O) groups is 6. The molecule has 0 spiro atoms. The number of furan rings is 2. The van der Waals surface area contributed by atoms with Gasteiger partial charge in [0, 0.05) is 124 Å². The minimum Gasteiger partial charge on any atom is -0.493 e. The first-order chi connectivity index (χ1) is 66.7. The highest BCUT2D eigenvalue weighted by atomic mass is 16.6. The number of epoxide rings is 4. The summed E-state index contributed by atoms with van der Waals surface area (Å²) in [7, 11) is 2.80. The number of benzene rings is 11. The molecular weight excluding hydrogens is 1740 g/mol. The Hall–Kier alpha value is -16.9. The van der Waals surface area contributed by atoms with Crippen molar-refractivity contribution in [1.29, 1.82) is 0 Å². The van der Waals surface area contributed by atoms with Crippen LogP contribution in [0.3, 0.4) is 0 Å². The van der Waals surface area contributed by atoms with Gasteiger partial charge < -0.3 is 79.9 Å². The number of amides is 4. The standard InChI is InChI=1S/C107H76N6O23/c1-120-79-9-3-5-11-81(79)135-106(118)100(83-13-7-39-122-83)112-102(114)75-50-85(128-64-17-15-58(16-18-64)41-63-42-59(31-35-108-63)43-71-54-124-71)94-95-86(129-65-19-25-68(26-20-65)132-89-47-60(32-36-109-89)44-72-55-125-72)51-77-93-78(105(117)113(104(77)116)101(84-14-8-40-123-84)107(119)136-82-12-6-4-10-80(82)121-2)53-88(131-67-23-29-70(30-24-67)134-91-49-62(34-38-111-91)46-74-57-127-74)97(99(93)95)96-87(52-76(103(112)115)92(75)98(94)96)130-66-21-27-69(28-22-66)133-90-48-61(33-37-110-90)45-73-56-126-73/h3-40,42,47-53,71-74,100-101H,41,43-46,54-57H2,1-2H3. The lowest BCUT2D eigenvalue weighted by Gasteiger charge is -2.34. The number of para-hydroxylation sites is 4. The fourth-order valence-electron chi connectivity index (χ4n) is 17.6. The van der Waals surface area contributed by atoms with E-state index in [4.69, 9.17) is 84.9 Å². The molecule has 0 radical (unpaired) electrons. The molecule has 6 unspecified atom stereocenters. The van der Waals surface area contributed by atoms with Gasteiger partial charge in [0.25, 0.3) is 23.6 Å². The molecule has 4 fully saturated rings. The predicted octanol–water partition coefficient (Wildman–Crippen LogP) is 20.3. The zero-order valence-electron chi connectivity index (χ0n) is 72.5. The molecule has 672 valence electrons. The lowest BCUT2D eigenvalue weighted by atomic mass is 9.80. The van der Waals surface area contributed by atoms with Crippen LogP contribution in [0.1, 0.15) is 98.5 Å². The molecule has 29 nitrogen and oxygen atoms in total. The molecule has 6 aliphatic heterocycles. The number of hydrogen-bond acceptors (Lipinski definition) is 27. The van der Waals surface area contributed by atoms with Gasteiger partial charge in [-0.2, -0.15) is 0 Å². The molecule has 4 saturated heterocycles. The molecule has 0 saturated carbocycles. The van der Waals surface area contributed by atoms with Crippen molar-refractivity contribution < 1.29 is 109 Å². The molecule has 0 N–H and O–H groups in total. The van der Waals surface area contributed by atoms with Gasteiger partial charge in [-0.1, -0.05) is 36.4 Å². The quantitative estimate of drug-likeness (QED) is 0.00903. The van der Waals surface area contributed by atoms with Crippen molar-refractivity contribution in [2.24, 2.45) is 0 Å². The van der Waals surface area contributed by atoms with Gasteiger partial charge in [0.1, 0.15) is 74.8 Å². The van der Waals surface area contributed by atoms with Crippen molar-refractivity contribution in [2.45, 2.75) is 68.6 Å².